The van der Waals surface area contributed by atoms with Crippen LogP contribution in [0.1, 0.15) is 24.2 Å². The van der Waals surface area contributed by atoms with E-state index in [0.717, 1.165) is 12.7 Å². The van der Waals surface area contributed by atoms with Crippen LogP contribution in [0.5, 0.6) is 0 Å². The van der Waals surface area contributed by atoms with Crippen LogP contribution in [-0.2, 0) is 0 Å². The molecule has 1 aromatic rings. The number of rotatable bonds is 5. The van der Waals surface area contributed by atoms with Crippen molar-refractivity contribution in [1.29, 1.82) is 0 Å². The first-order valence-electron chi connectivity index (χ1n) is 6.02. The molecular formula is C13H20FN3O. The Morgan fingerprint density at radius 1 is 1.50 bits per heavy atom. The second kappa shape index (κ2) is 6.44. The minimum atomic E-state index is -0.571. The van der Waals surface area contributed by atoms with Crippen molar-refractivity contribution in [2.75, 3.05) is 27.2 Å². The van der Waals surface area contributed by atoms with E-state index in [0.29, 0.717) is 6.54 Å². The molecule has 1 aromatic heterocycles. The average Bonchev–Trinajstić information content (AvgIpc) is 2.29. The summed E-state index contributed by atoms with van der Waals surface area (Å²) in [6.45, 7) is 5.14. The third kappa shape index (κ3) is 3.50. The van der Waals surface area contributed by atoms with Gasteiger partial charge in [-0.3, -0.25) is 9.78 Å². The number of halogens is 1. The van der Waals surface area contributed by atoms with Gasteiger partial charge in [0.2, 0.25) is 0 Å². The predicted octanol–water partition coefficient (Wildman–Crippen LogP) is 1.63. The molecule has 100 valence electrons. The Bertz CT molecular complexity index is 409. The van der Waals surface area contributed by atoms with Crippen LogP contribution in [0.3, 0.4) is 0 Å². The number of carbonyl (C=O) groups excluding carboxylic acids is 1. The van der Waals surface area contributed by atoms with Crippen LogP contribution >= 0.6 is 0 Å². The molecule has 0 saturated carbocycles. The molecule has 0 bridgehead atoms. The van der Waals surface area contributed by atoms with Gasteiger partial charge in [0.1, 0.15) is 0 Å². The van der Waals surface area contributed by atoms with Gasteiger partial charge < -0.3 is 9.80 Å². The zero-order valence-electron chi connectivity index (χ0n) is 11.4. The Balaban J connectivity index is 2.89. The van der Waals surface area contributed by atoms with Crippen molar-refractivity contribution in [2.24, 2.45) is 0 Å². The van der Waals surface area contributed by atoms with Gasteiger partial charge in [0.25, 0.3) is 5.91 Å². The minimum absolute atomic E-state index is 0.0325. The number of nitrogens with zero attached hydrogens (tertiary/aromatic N) is 3. The highest BCUT2D eigenvalue weighted by Crippen LogP contribution is 2.11. The fourth-order valence-electron chi connectivity index (χ4n) is 1.99. The predicted molar refractivity (Wildman–Crippen MR) is 68.9 cm³/mol. The highest BCUT2D eigenvalue weighted by Gasteiger charge is 2.22. The molecule has 18 heavy (non-hydrogen) atoms. The van der Waals surface area contributed by atoms with Crippen LogP contribution in [0.15, 0.2) is 18.5 Å². The maximum absolute atomic E-state index is 13.5. The summed E-state index contributed by atoms with van der Waals surface area (Å²) >= 11 is 0. The monoisotopic (exact) mass is 253 g/mol. The van der Waals surface area contributed by atoms with Crippen molar-refractivity contribution >= 4 is 5.91 Å². The lowest BCUT2D eigenvalue weighted by atomic mass is 10.2. The van der Waals surface area contributed by atoms with Crippen molar-refractivity contribution in [1.82, 2.24) is 14.8 Å². The van der Waals surface area contributed by atoms with Crippen molar-refractivity contribution in [2.45, 2.75) is 19.9 Å². The number of carbonyl (C=O) groups is 1. The van der Waals surface area contributed by atoms with Crippen molar-refractivity contribution < 1.29 is 9.18 Å². The number of aromatic nitrogens is 1. The van der Waals surface area contributed by atoms with Crippen molar-refractivity contribution in [3.05, 3.63) is 29.8 Å². The Morgan fingerprint density at radius 3 is 2.67 bits per heavy atom. The largest absolute Gasteiger partial charge is 0.335 e. The standard InChI is InChI=1S/C13H20FN3O/c1-5-17(10(2)9-16(3)4)13(18)11-6-7-15-8-12(11)14/h6-8,10H,5,9H2,1-4H3. The van der Waals surface area contributed by atoms with Gasteiger partial charge in [-0.1, -0.05) is 0 Å². The van der Waals surface area contributed by atoms with Crippen LogP contribution in [0.4, 0.5) is 4.39 Å². The number of hydrogen-bond acceptors (Lipinski definition) is 3. The molecule has 0 N–H and O–H groups in total. The number of hydrogen-bond donors (Lipinski definition) is 0. The van der Waals surface area contributed by atoms with Gasteiger partial charge in [0, 0.05) is 25.3 Å². The Morgan fingerprint density at radius 2 is 2.17 bits per heavy atom. The normalized spacial score (nSPS) is 12.6. The molecule has 0 aliphatic rings. The van der Waals surface area contributed by atoms with E-state index in [4.69, 9.17) is 0 Å². The Labute approximate surface area is 107 Å². The van der Waals surface area contributed by atoms with E-state index in [-0.39, 0.29) is 17.5 Å². The molecule has 1 heterocycles. The molecule has 0 aliphatic heterocycles. The van der Waals surface area contributed by atoms with Crippen LogP contribution in [0.2, 0.25) is 0 Å². The summed E-state index contributed by atoms with van der Waals surface area (Å²) in [5.74, 6) is -0.857. The van der Waals surface area contributed by atoms with Crippen LogP contribution in [0, 0.1) is 5.82 Å². The highest BCUT2D eigenvalue weighted by atomic mass is 19.1. The zero-order chi connectivity index (χ0) is 13.7. The van der Waals surface area contributed by atoms with E-state index in [1.54, 1.807) is 4.90 Å². The summed E-state index contributed by atoms with van der Waals surface area (Å²) < 4.78 is 13.5. The van der Waals surface area contributed by atoms with Gasteiger partial charge in [0.05, 0.1) is 11.8 Å². The highest BCUT2D eigenvalue weighted by molar-refractivity contribution is 5.94. The summed E-state index contributed by atoms with van der Waals surface area (Å²) in [6.07, 6.45) is 2.50. The van der Waals surface area contributed by atoms with E-state index in [1.165, 1.54) is 12.3 Å². The van der Waals surface area contributed by atoms with Gasteiger partial charge >= 0.3 is 0 Å². The Kier molecular flexibility index (Phi) is 5.22. The molecule has 0 radical (unpaired) electrons. The van der Waals surface area contributed by atoms with Gasteiger partial charge in [-0.2, -0.15) is 0 Å². The van der Waals surface area contributed by atoms with E-state index in [2.05, 4.69) is 4.98 Å². The maximum Gasteiger partial charge on any atom is 0.257 e. The SMILES string of the molecule is CCN(C(=O)c1ccncc1F)C(C)CN(C)C. The Hall–Kier alpha value is -1.49. The lowest BCUT2D eigenvalue weighted by molar-refractivity contribution is 0.0674. The van der Waals surface area contributed by atoms with Gasteiger partial charge in [-0.25, -0.2) is 4.39 Å². The maximum atomic E-state index is 13.5. The summed E-state index contributed by atoms with van der Waals surface area (Å²) in [5, 5.41) is 0. The topological polar surface area (TPSA) is 36.4 Å². The summed E-state index contributed by atoms with van der Waals surface area (Å²) in [5.41, 5.74) is 0.0810. The third-order valence-electron chi connectivity index (χ3n) is 2.77. The van der Waals surface area contributed by atoms with E-state index in [9.17, 15) is 9.18 Å². The number of pyridine rings is 1. The summed E-state index contributed by atoms with van der Waals surface area (Å²) in [6, 6.07) is 1.45. The van der Waals surface area contributed by atoms with Crippen molar-refractivity contribution in [3.8, 4) is 0 Å². The van der Waals surface area contributed by atoms with Crippen LogP contribution in [-0.4, -0.2) is 53.9 Å². The first-order valence-corrected chi connectivity index (χ1v) is 6.02. The van der Waals surface area contributed by atoms with Crippen LogP contribution in [0.25, 0.3) is 0 Å². The molecule has 0 saturated heterocycles. The minimum Gasteiger partial charge on any atom is -0.335 e. The van der Waals surface area contributed by atoms with Gasteiger partial charge in [-0.05, 0) is 34.0 Å². The molecule has 1 unspecified atom stereocenters. The molecule has 4 nitrogen and oxygen atoms in total. The summed E-state index contributed by atoms with van der Waals surface area (Å²) in [7, 11) is 3.89. The molecule has 0 spiro atoms. The molecule has 5 heteroatoms. The molecule has 0 aromatic carbocycles. The number of amides is 1. The third-order valence-corrected chi connectivity index (χ3v) is 2.77. The lowest BCUT2D eigenvalue weighted by Gasteiger charge is -2.30. The van der Waals surface area contributed by atoms with E-state index >= 15 is 0 Å². The first-order chi connectivity index (χ1) is 8.47. The van der Waals surface area contributed by atoms with E-state index in [1.807, 2.05) is 32.8 Å². The lowest BCUT2D eigenvalue weighted by Crippen LogP contribution is -2.44. The van der Waals surface area contributed by atoms with Crippen molar-refractivity contribution in [3.63, 3.8) is 0 Å². The second-order valence-electron chi connectivity index (χ2n) is 4.56. The number of likely N-dealkylation sites (N-methyl/N-ethyl adjacent to an activating group) is 2. The molecular weight excluding hydrogens is 233 g/mol. The fraction of sp³-hybridized carbons (Fsp3) is 0.538. The summed E-state index contributed by atoms with van der Waals surface area (Å²) in [4.78, 5) is 19.6. The molecule has 1 rings (SSSR count). The van der Waals surface area contributed by atoms with Gasteiger partial charge in [0.15, 0.2) is 5.82 Å². The van der Waals surface area contributed by atoms with Gasteiger partial charge in [-0.15, -0.1) is 0 Å². The fourth-order valence-corrected chi connectivity index (χ4v) is 1.99. The average molecular weight is 253 g/mol. The first kappa shape index (κ1) is 14.6. The van der Waals surface area contributed by atoms with Crippen LogP contribution < -0.4 is 0 Å². The molecule has 1 atom stereocenters. The quantitative estimate of drug-likeness (QED) is 0.800. The molecule has 0 aliphatic carbocycles. The molecule has 0 fully saturated rings. The smallest absolute Gasteiger partial charge is 0.257 e. The molecule has 1 amide bonds. The second-order valence-corrected chi connectivity index (χ2v) is 4.56. The van der Waals surface area contributed by atoms with E-state index < -0.39 is 5.82 Å². The zero-order valence-corrected chi connectivity index (χ0v) is 11.4.